The molecule has 0 saturated carbocycles. The molecule has 2 heterocycles. The normalized spacial score (nSPS) is 10.9. The van der Waals surface area contributed by atoms with E-state index in [2.05, 4.69) is 20.0 Å². The molecule has 0 aliphatic carbocycles. The Hall–Kier alpha value is -6.84. The zero-order chi connectivity index (χ0) is 50.6. The first-order chi connectivity index (χ1) is 33.0. The van der Waals surface area contributed by atoms with Crippen LogP contribution in [0, 0.1) is 0 Å². The Morgan fingerprint density at radius 2 is 1.01 bits per heavy atom. The van der Waals surface area contributed by atoms with Gasteiger partial charge in [-0.05, 0) is 133 Å². The number of carbonyl (C=O) groups excluding carboxylic acids is 2. The van der Waals surface area contributed by atoms with Crippen LogP contribution in [0.25, 0.3) is 33.6 Å². The third kappa shape index (κ3) is 16.1. The van der Waals surface area contributed by atoms with Crippen molar-refractivity contribution in [1.82, 2.24) is 9.97 Å². The summed E-state index contributed by atoms with van der Waals surface area (Å²) in [6, 6.07) is 30.7. The average molecular weight is 977 g/mol. The van der Waals surface area contributed by atoms with E-state index in [1.54, 1.807) is 50.6 Å². The molecular weight excluding hydrogens is 924 g/mol. The smallest absolute Gasteiger partial charge is 0.497 e. The van der Waals surface area contributed by atoms with E-state index in [9.17, 15) is 31.2 Å². The fourth-order valence-electron chi connectivity index (χ4n) is 6.31. The number of carbonyl (C=O) groups is 2. The number of esters is 2. The Kier molecular flexibility index (Phi) is 21.1. The summed E-state index contributed by atoms with van der Waals surface area (Å²) in [4.78, 5) is 31.6. The van der Waals surface area contributed by atoms with Gasteiger partial charge in [-0.1, -0.05) is 24.3 Å². The zero-order valence-electron chi connectivity index (χ0n) is 38.7. The van der Waals surface area contributed by atoms with Crippen LogP contribution >= 0.6 is 0 Å². The number of pyridine rings is 2. The van der Waals surface area contributed by atoms with Gasteiger partial charge in [0.1, 0.15) is 17.2 Å². The number of alkyl halides is 3. The molecule has 0 saturated heterocycles. The molecule has 6 aromatic rings. The van der Waals surface area contributed by atoms with E-state index < -0.39 is 34.5 Å². The fourth-order valence-corrected chi connectivity index (χ4v) is 6.77. The molecule has 0 aliphatic rings. The van der Waals surface area contributed by atoms with Crippen molar-refractivity contribution in [3.8, 4) is 50.9 Å². The number of ether oxygens (including phenoxy) is 6. The van der Waals surface area contributed by atoms with Crippen LogP contribution in [-0.2, 0) is 41.9 Å². The lowest BCUT2D eigenvalue weighted by molar-refractivity contribution is -0.0500. The van der Waals surface area contributed by atoms with Crippen molar-refractivity contribution in [3.63, 3.8) is 0 Å². The molecule has 2 aromatic heterocycles. The molecule has 69 heavy (non-hydrogen) atoms. The summed E-state index contributed by atoms with van der Waals surface area (Å²) in [7, 11) is 1.68. The van der Waals surface area contributed by atoms with Gasteiger partial charge in [-0.25, -0.2) is 9.59 Å². The van der Waals surface area contributed by atoms with E-state index in [1.807, 2.05) is 42.6 Å². The van der Waals surface area contributed by atoms with Gasteiger partial charge < -0.3 is 42.7 Å². The van der Waals surface area contributed by atoms with E-state index in [1.165, 1.54) is 65.0 Å². The Labute approximate surface area is 399 Å². The Morgan fingerprint density at radius 3 is 1.43 bits per heavy atom. The third-order valence-electron chi connectivity index (χ3n) is 9.94. The van der Waals surface area contributed by atoms with Crippen LogP contribution in [0.2, 0.25) is 0 Å². The summed E-state index contributed by atoms with van der Waals surface area (Å²) < 4.78 is 95.2. The minimum atomic E-state index is -5.83. The maximum Gasteiger partial charge on any atom is 0.534 e. The number of rotatable bonds is 18. The third-order valence-corrected chi connectivity index (χ3v) is 10.9. The average Bonchev–Trinajstić information content (AvgIpc) is 3.36. The predicted octanol–water partition coefficient (Wildman–Crippen LogP) is 7.51. The van der Waals surface area contributed by atoms with E-state index >= 15 is 0 Å². The quantitative estimate of drug-likeness (QED) is 0.0282. The Balaban J connectivity index is 0.000000241. The monoisotopic (exact) mass is 976 g/mol. The fraction of sp³-hybridized carbons (Fsp3) is 0.265. The summed E-state index contributed by atoms with van der Waals surface area (Å²) >= 11 is 0. The van der Waals surface area contributed by atoms with Gasteiger partial charge in [-0.15, -0.1) is 0 Å². The molecule has 15 nitrogen and oxygen atoms in total. The van der Waals surface area contributed by atoms with Gasteiger partial charge in [0, 0.05) is 56.5 Å². The van der Waals surface area contributed by atoms with Crippen LogP contribution in [0.3, 0.4) is 0 Å². The molecule has 0 bridgehead atoms. The molecule has 0 spiro atoms. The molecule has 366 valence electrons. The molecule has 0 atom stereocenters. The number of halogens is 3. The van der Waals surface area contributed by atoms with E-state index in [0.717, 1.165) is 46.5 Å². The second kappa shape index (κ2) is 26.6. The lowest BCUT2D eigenvalue weighted by Gasteiger charge is -2.14. The highest BCUT2D eigenvalue weighted by Gasteiger charge is 2.49. The van der Waals surface area contributed by atoms with E-state index in [-0.39, 0.29) is 11.7 Å². The van der Waals surface area contributed by atoms with Gasteiger partial charge in [-0.2, -0.15) is 21.6 Å². The number of aryl methyl sites for hydroxylation is 2. The van der Waals surface area contributed by atoms with Crippen molar-refractivity contribution < 1.29 is 73.8 Å². The Morgan fingerprint density at radius 1 is 0.594 bits per heavy atom. The Bertz CT molecular complexity index is 2670. The maximum atomic E-state index is 12.7. The number of hydrogen-bond donors (Lipinski definition) is 2. The molecule has 20 heteroatoms. The lowest BCUT2D eigenvalue weighted by Crippen LogP contribution is -2.29. The summed E-state index contributed by atoms with van der Waals surface area (Å²) in [6.07, 6.45) is 6.22. The minimum Gasteiger partial charge on any atom is -0.497 e. The van der Waals surface area contributed by atoms with Crippen molar-refractivity contribution in [2.45, 2.75) is 31.2 Å². The van der Waals surface area contributed by atoms with Crippen molar-refractivity contribution in [1.29, 1.82) is 0 Å². The maximum absolute atomic E-state index is 12.7. The van der Waals surface area contributed by atoms with Crippen LogP contribution in [0.15, 0.2) is 122 Å². The van der Waals surface area contributed by atoms with Gasteiger partial charge in [0.05, 0.1) is 45.3 Å². The molecule has 0 fully saturated rings. The standard InChI is InChI=1S/C24H25NO4.C17H18F3NO5S.C8H9BO4/c1-27-14-4-5-17-15-22(18-6-8-20(9-7-18)24(26)29-3)23(25-16-17)19-10-12-21(28-2)13-11-19;1-24-9-3-4-12-10-15(26-27(22,23)17(18,19)20)16(21-11-12)13-5-7-14(25-2)8-6-13;1-13-8(10)6-2-4-7(5-3-6)9(11)12/h6-13,15-16H,4-5,14H2,1-3H3;5-8,10-11H,3-4,9H2,1-2H3;2-5,11-12H,1H3. The van der Waals surface area contributed by atoms with E-state index in [0.29, 0.717) is 59.5 Å². The van der Waals surface area contributed by atoms with Gasteiger partial charge in [0.15, 0.2) is 5.75 Å². The van der Waals surface area contributed by atoms with Crippen LogP contribution < -0.4 is 19.1 Å². The van der Waals surface area contributed by atoms with Crippen molar-refractivity contribution >= 4 is 34.6 Å². The first-order valence-corrected chi connectivity index (χ1v) is 22.4. The topological polar surface area (TPSA) is 199 Å². The highest BCUT2D eigenvalue weighted by Crippen LogP contribution is 2.35. The highest BCUT2D eigenvalue weighted by molar-refractivity contribution is 7.88. The molecule has 0 amide bonds. The van der Waals surface area contributed by atoms with Gasteiger partial charge >= 0.3 is 34.7 Å². The molecule has 4 aromatic carbocycles. The highest BCUT2D eigenvalue weighted by atomic mass is 32.2. The number of aromatic nitrogens is 2. The molecule has 0 aliphatic heterocycles. The SMILES string of the molecule is COC(=O)c1ccc(B(O)O)cc1.COCCCc1cnc(-c2ccc(OC)cc2)c(-c2ccc(C(=O)OC)cc2)c1.COCCCc1cnc(-c2ccc(OC)cc2)c(OS(=O)(=O)C(F)(F)F)c1. The molecule has 0 unspecified atom stereocenters. The molecular formula is C49H52BF3N2O13S. The van der Waals surface area contributed by atoms with Crippen LogP contribution in [0.4, 0.5) is 13.2 Å². The number of nitrogens with zero attached hydrogens (tertiary/aromatic N) is 2. The largest absolute Gasteiger partial charge is 0.534 e. The first kappa shape index (κ1) is 54.8. The molecule has 6 rings (SSSR count). The summed E-state index contributed by atoms with van der Waals surface area (Å²) in [5.74, 6) is 0.0407. The van der Waals surface area contributed by atoms with Crippen molar-refractivity contribution in [3.05, 3.63) is 144 Å². The number of methoxy groups -OCH3 is 6. The van der Waals surface area contributed by atoms with E-state index in [4.69, 9.17) is 38.7 Å². The van der Waals surface area contributed by atoms with Crippen LogP contribution in [0.1, 0.15) is 44.7 Å². The number of hydrogen-bond acceptors (Lipinski definition) is 15. The van der Waals surface area contributed by atoms with Crippen molar-refractivity contribution in [2.24, 2.45) is 0 Å². The first-order valence-electron chi connectivity index (χ1n) is 21.0. The summed E-state index contributed by atoms with van der Waals surface area (Å²) in [5, 5.41) is 17.5. The summed E-state index contributed by atoms with van der Waals surface area (Å²) in [6.45, 7) is 1.15. The second-order valence-corrected chi connectivity index (χ2v) is 16.2. The van der Waals surface area contributed by atoms with Gasteiger partial charge in [0.25, 0.3) is 0 Å². The van der Waals surface area contributed by atoms with Crippen molar-refractivity contribution in [2.75, 3.05) is 55.9 Å². The van der Waals surface area contributed by atoms with Crippen LogP contribution in [-0.4, -0.2) is 109 Å². The molecule has 0 radical (unpaired) electrons. The zero-order valence-corrected chi connectivity index (χ0v) is 39.5. The minimum absolute atomic E-state index is 0.0269. The second-order valence-electron chi connectivity index (χ2n) is 14.6. The van der Waals surface area contributed by atoms with Gasteiger partial charge in [-0.3, -0.25) is 9.97 Å². The van der Waals surface area contributed by atoms with Crippen LogP contribution in [0.5, 0.6) is 17.2 Å². The lowest BCUT2D eigenvalue weighted by atomic mass is 9.80. The predicted molar refractivity (Wildman–Crippen MR) is 253 cm³/mol. The summed E-state index contributed by atoms with van der Waals surface area (Å²) in [5.41, 5.74) is 1.61. The number of benzene rings is 4. The molecule has 2 N–H and O–H groups in total. The van der Waals surface area contributed by atoms with Gasteiger partial charge in [0.2, 0.25) is 0 Å².